The first-order valence-corrected chi connectivity index (χ1v) is 4.23. The van der Waals surface area contributed by atoms with Crippen LogP contribution < -0.4 is 0 Å². The summed E-state index contributed by atoms with van der Waals surface area (Å²) < 4.78 is 0. The van der Waals surface area contributed by atoms with Gasteiger partial charge in [0, 0.05) is 0 Å². The average Bonchev–Trinajstić information content (AvgIpc) is 1.79. The van der Waals surface area contributed by atoms with Gasteiger partial charge in [0.2, 0.25) is 0 Å². The van der Waals surface area contributed by atoms with Gasteiger partial charge < -0.3 is 10.2 Å². The van der Waals surface area contributed by atoms with Crippen molar-refractivity contribution in [2.24, 2.45) is 0 Å². The standard InChI is InChI=1S/C8H18O2.CH2O3/c1-7(2,3)9-10-8(4,5)6;2-1(3)4/h1-6H3;(H2,2,3,4). The van der Waals surface area contributed by atoms with Crippen LogP contribution in [-0.2, 0) is 9.78 Å². The Kier molecular flexibility index (Phi) is 6.51. The lowest BCUT2D eigenvalue weighted by Gasteiger charge is -2.24. The number of carbonyl (C=O) groups is 1. The predicted octanol–water partition coefficient (Wildman–Crippen LogP) is 2.75. The molecule has 0 aliphatic rings. The van der Waals surface area contributed by atoms with Crippen LogP contribution in [0, 0.1) is 0 Å². The van der Waals surface area contributed by atoms with Crippen LogP contribution in [0.1, 0.15) is 41.5 Å². The second kappa shape index (κ2) is 5.82. The molecule has 0 atom stereocenters. The van der Waals surface area contributed by atoms with Gasteiger partial charge in [0.05, 0.1) is 11.2 Å². The molecule has 0 saturated carbocycles. The first-order chi connectivity index (χ1) is 5.94. The van der Waals surface area contributed by atoms with Gasteiger partial charge in [-0.15, -0.1) is 0 Å². The molecule has 0 radical (unpaired) electrons. The van der Waals surface area contributed by atoms with Crippen LogP contribution in [0.2, 0.25) is 0 Å². The quantitative estimate of drug-likeness (QED) is 0.512. The van der Waals surface area contributed by atoms with E-state index in [1.54, 1.807) is 0 Å². The topological polar surface area (TPSA) is 76.0 Å². The van der Waals surface area contributed by atoms with Gasteiger partial charge in [-0.3, -0.25) is 0 Å². The molecule has 0 amide bonds. The van der Waals surface area contributed by atoms with Crippen LogP contribution in [0.15, 0.2) is 0 Å². The van der Waals surface area contributed by atoms with E-state index < -0.39 is 6.16 Å². The van der Waals surface area contributed by atoms with Gasteiger partial charge in [-0.25, -0.2) is 14.6 Å². The highest BCUT2D eigenvalue weighted by atomic mass is 17.2. The van der Waals surface area contributed by atoms with Crippen molar-refractivity contribution in [1.29, 1.82) is 0 Å². The molecule has 0 aromatic heterocycles. The molecule has 0 aromatic rings. The van der Waals surface area contributed by atoms with Gasteiger partial charge in [0.15, 0.2) is 0 Å². The normalized spacial score (nSPS) is 11.6. The summed E-state index contributed by atoms with van der Waals surface area (Å²) in [5.74, 6) is 0. The van der Waals surface area contributed by atoms with Gasteiger partial charge >= 0.3 is 6.16 Å². The molecular weight excluding hydrogens is 188 g/mol. The molecule has 0 fully saturated rings. The number of carboxylic acid groups (broad SMARTS) is 2. The zero-order chi connectivity index (χ0) is 12.0. The van der Waals surface area contributed by atoms with Gasteiger partial charge in [-0.05, 0) is 41.5 Å². The molecule has 0 saturated heterocycles. The number of hydrogen-bond donors (Lipinski definition) is 2. The first kappa shape index (κ1) is 15.7. The van der Waals surface area contributed by atoms with Crippen LogP contribution in [0.25, 0.3) is 0 Å². The van der Waals surface area contributed by atoms with Gasteiger partial charge in [0.25, 0.3) is 0 Å². The Balaban J connectivity index is 0. The highest BCUT2D eigenvalue weighted by Crippen LogP contribution is 2.14. The molecule has 0 aliphatic heterocycles. The highest BCUT2D eigenvalue weighted by Gasteiger charge is 2.18. The van der Waals surface area contributed by atoms with Crippen molar-refractivity contribution < 1.29 is 24.8 Å². The van der Waals surface area contributed by atoms with E-state index in [0.29, 0.717) is 0 Å². The summed E-state index contributed by atoms with van der Waals surface area (Å²) in [5, 5.41) is 13.9. The van der Waals surface area contributed by atoms with Crippen LogP contribution >= 0.6 is 0 Å². The Bertz CT molecular complexity index is 145. The van der Waals surface area contributed by atoms with Crippen molar-refractivity contribution in [3.8, 4) is 0 Å². The Labute approximate surface area is 84.6 Å². The second-order valence-electron chi connectivity index (χ2n) is 4.67. The van der Waals surface area contributed by atoms with Gasteiger partial charge in [0.1, 0.15) is 0 Å². The molecular formula is C9H20O5. The molecule has 0 heterocycles. The van der Waals surface area contributed by atoms with Gasteiger partial charge in [-0.1, -0.05) is 0 Å². The molecule has 0 unspecified atom stereocenters. The molecule has 86 valence electrons. The summed E-state index contributed by atoms with van der Waals surface area (Å²) in [6.45, 7) is 11.7. The largest absolute Gasteiger partial charge is 0.503 e. The smallest absolute Gasteiger partial charge is 0.450 e. The third kappa shape index (κ3) is 30.3. The SMILES string of the molecule is CC(C)(C)OOC(C)(C)C.O=C(O)O. The molecule has 0 aliphatic carbocycles. The molecule has 5 heteroatoms. The fraction of sp³-hybridized carbons (Fsp3) is 0.889. The summed E-state index contributed by atoms with van der Waals surface area (Å²) in [7, 11) is 0. The van der Waals surface area contributed by atoms with E-state index in [4.69, 9.17) is 24.8 Å². The maximum absolute atomic E-state index is 8.56. The third-order valence-electron chi connectivity index (χ3n) is 0.542. The maximum atomic E-state index is 8.56. The molecule has 0 bridgehead atoms. The summed E-state index contributed by atoms with van der Waals surface area (Å²) in [4.78, 5) is 18.7. The van der Waals surface area contributed by atoms with Crippen molar-refractivity contribution >= 4 is 6.16 Å². The lowest BCUT2D eigenvalue weighted by molar-refractivity contribution is -0.393. The summed E-state index contributed by atoms with van der Waals surface area (Å²) in [6, 6.07) is 0. The van der Waals surface area contributed by atoms with Crippen molar-refractivity contribution in [3.63, 3.8) is 0 Å². The Hall–Kier alpha value is -0.810. The maximum Gasteiger partial charge on any atom is 0.503 e. The monoisotopic (exact) mass is 208 g/mol. The molecule has 2 N–H and O–H groups in total. The van der Waals surface area contributed by atoms with Crippen LogP contribution in [-0.4, -0.2) is 27.6 Å². The third-order valence-corrected chi connectivity index (χ3v) is 0.542. The van der Waals surface area contributed by atoms with E-state index in [2.05, 4.69) is 0 Å². The van der Waals surface area contributed by atoms with E-state index in [1.807, 2.05) is 41.5 Å². The molecule has 0 rings (SSSR count). The average molecular weight is 208 g/mol. The van der Waals surface area contributed by atoms with E-state index in [-0.39, 0.29) is 11.2 Å². The van der Waals surface area contributed by atoms with E-state index in [0.717, 1.165) is 0 Å². The Morgan fingerprint density at radius 3 is 1.07 bits per heavy atom. The zero-order valence-electron chi connectivity index (χ0n) is 9.62. The number of hydrogen-bond acceptors (Lipinski definition) is 3. The minimum Gasteiger partial charge on any atom is -0.450 e. The van der Waals surface area contributed by atoms with Crippen molar-refractivity contribution in [2.75, 3.05) is 0 Å². The molecule has 5 nitrogen and oxygen atoms in total. The van der Waals surface area contributed by atoms with Crippen molar-refractivity contribution in [2.45, 2.75) is 52.7 Å². The number of rotatable bonds is 1. The zero-order valence-corrected chi connectivity index (χ0v) is 9.62. The van der Waals surface area contributed by atoms with Gasteiger partial charge in [-0.2, -0.15) is 0 Å². The fourth-order valence-electron chi connectivity index (χ4n) is 0.250. The highest BCUT2D eigenvalue weighted by molar-refractivity contribution is 5.53. The van der Waals surface area contributed by atoms with E-state index >= 15 is 0 Å². The van der Waals surface area contributed by atoms with Crippen LogP contribution in [0.3, 0.4) is 0 Å². The lowest BCUT2D eigenvalue weighted by Crippen LogP contribution is -2.27. The van der Waals surface area contributed by atoms with Crippen molar-refractivity contribution in [1.82, 2.24) is 0 Å². The van der Waals surface area contributed by atoms with Crippen LogP contribution in [0.5, 0.6) is 0 Å². The lowest BCUT2D eigenvalue weighted by atomic mass is 10.2. The van der Waals surface area contributed by atoms with E-state index in [9.17, 15) is 0 Å². The predicted molar refractivity (Wildman–Crippen MR) is 52.3 cm³/mol. The Morgan fingerprint density at radius 2 is 1.00 bits per heavy atom. The summed E-state index contributed by atoms with van der Waals surface area (Å²) in [6.07, 6.45) is -1.83. The minimum atomic E-state index is -1.83. The molecule has 0 spiro atoms. The Morgan fingerprint density at radius 1 is 0.857 bits per heavy atom. The fourth-order valence-corrected chi connectivity index (χ4v) is 0.250. The molecule has 14 heavy (non-hydrogen) atoms. The van der Waals surface area contributed by atoms with Crippen molar-refractivity contribution in [3.05, 3.63) is 0 Å². The second-order valence-corrected chi connectivity index (χ2v) is 4.67. The van der Waals surface area contributed by atoms with Crippen LogP contribution in [0.4, 0.5) is 4.79 Å². The molecule has 0 aromatic carbocycles. The summed E-state index contributed by atoms with van der Waals surface area (Å²) >= 11 is 0. The summed E-state index contributed by atoms with van der Waals surface area (Å²) in [5.41, 5.74) is -0.430. The first-order valence-electron chi connectivity index (χ1n) is 4.23. The minimum absolute atomic E-state index is 0.215. The van der Waals surface area contributed by atoms with E-state index in [1.165, 1.54) is 0 Å².